The van der Waals surface area contributed by atoms with Gasteiger partial charge in [0.1, 0.15) is 0 Å². The number of hydrogen-bond acceptors (Lipinski definition) is 4. The maximum atomic E-state index is 12.8. The topological polar surface area (TPSA) is 36.4 Å². The maximum Gasteiger partial charge on any atom is 0.253 e. The Morgan fingerprint density at radius 3 is 2.37 bits per heavy atom. The van der Waals surface area contributed by atoms with Gasteiger partial charge in [-0.15, -0.1) is 0 Å². The number of anilines is 1. The molecule has 0 aliphatic carbocycles. The molecule has 0 unspecified atom stereocenters. The molecule has 0 radical (unpaired) electrons. The molecule has 27 heavy (non-hydrogen) atoms. The van der Waals surface area contributed by atoms with Gasteiger partial charge in [0.2, 0.25) is 0 Å². The second-order valence-electron chi connectivity index (χ2n) is 7.50. The van der Waals surface area contributed by atoms with E-state index in [9.17, 15) is 4.79 Å². The van der Waals surface area contributed by atoms with Crippen molar-refractivity contribution in [3.63, 3.8) is 0 Å². The number of fused-ring (bicyclic) bond motifs is 1. The zero-order valence-electron chi connectivity index (χ0n) is 16.4. The van der Waals surface area contributed by atoms with Crippen LogP contribution in [0.15, 0.2) is 30.3 Å². The molecule has 0 N–H and O–H groups in total. The van der Waals surface area contributed by atoms with Crippen molar-refractivity contribution in [2.75, 3.05) is 31.1 Å². The summed E-state index contributed by atoms with van der Waals surface area (Å²) in [7, 11) is 0. The zero-order chi connectivity index (χ0) is 19.1. The van der Waals surface area contributed by atoms with E-state index in [-0.39, 0.29) is 5.91 Å². The molecule has 1 aliphatic heterocycles. The predicted octanol–water partition coefficient (Wildman–Crippen LogP) is 4.49. The summed E-state index contributed by atoms with van der Waals surface area (Å²) in [5.41, 5.74) is 6.80. The van der Waals surface area contributed by atoms with Crippen LogP contribution in [0.25, 0.3) is 10.2 Å². The van der Waals surface area contributed by atoms with E-state index >= 15 is 0 Å². The van der Waals surface area contributed by atoms with Crippen LogP contribution < -0.4 is 4.90 Å². The molecular weight excluding hydrogens is 354 g/mol. The summed E-state index contributed by atoms with van der Waals surface area (Å²) < 4.78 is 1.27. The molecule has 1 amide bonds. The SMILES string of the molecule is Cc1cc(C)c2sc(N3CCN(C(=O)c4ccc(C)c(C)c4)CC3)nc2c1. The molecule has 1 aromatic heterocycles. The van der Waals surface area contributed by atoms with Crippen molar-refractivity contribution in [2.45, 2.75) is 27.7 Å². The minimum Gasteiger partial charge on any atom is -0.345 e. The molecule has 1 fully saturated rings. The largest absolute Gasteiger partial charge is 0.345 e. The Balaban J connectivity index is 1.48. The second kappa shape index (κ2) is 6.97. The smallest absolute Gasteiger partial charge is 0.253 e. The van der Waals surface area contributed by atoms with Crippen LogP contribution in [0, 0.1) is 27.7 Å². The molecule has 0 atom stereocenters. The van der Waals surface area contributed by atoms with Crippen LogP contribution in [0.4, 0.5) is 5.13 Å². The Bertz CT molecular complexity index is 1020. The van der Waals surface area contributed by atoms with Gasteiger partial charge in [-0.05, 0) is 68.1 Å². The third-order valence-corrected chi connectivity index (χ3v) is 6.67. The minimum atomic E-state index is 0.133. The average Bonchev–Trinajstić information content (AvgIpc) is 3.08. The number of aromatic nitrogens is 1. The van der Waals surface area contributed by atoms with E-state index in [1.54, 1.807) is 11.3 Å². The van der Waals surface area contributed by atoms with Crippen LogP contribution in [0.5, 0.6) is 0 Å². The molecule has 2 heterocycles. The number of hydrogen-bond donors (Lipinski definition) is 0. The first-order valence-corrected chi connectivity index (χ1v) is 10.2. The molecule has 4 nitrogen and oxygen atoms in total. The highest BCUT2D eigenvalue weighted by atomic mass is 32.1. The van der Waals surface area contributed by atoms with Gasteiger partial charge >= 0.3 is 0 Å². The predicted molar refractivity (Wildman–Crippen MR) is 113 cm³/mol. The highest BCUT2D eigenvalue weighted by Crippen LogP contribution is 2.32. The Labute approximate surface area is 164 Å². The standard InChI is InChI=1S/C22H25N3OS/c1-14-11-17(4)20-19(12-14)23-22(27-20)25-9-7-24(8-10-25)21(26)18-6-5-15(2)16(3)13-18/h5-6,11-13H,7-10H2,1-4H3. The van der Waals surface area contributed by atoms with Crippen molar-refractivity contribution in [3.05, 3.63) is 58.1 Å². The Kier molecular flexibility index (Phi) is 4.64. The number of thiazole rings is 1. The third-order valence-electron chi connectivity index (χ3n) is 5.40. The number of amides is 1. The maximum absolute atomic E-state index is 12.8. The summed E-state index contributed by atoms with van der Waals surface area (Å²) in [6.07, 6.45) is 0. The summed E-state index contributed by atoms with van der Waals surface area (Å²) in [5.74, 6) is 0.133. The molecule has 0 bridgehead atoms. The molecule has 3 aromatic rings. The summed E-state index contributed by atoms with van der Waals surface area (Å²) in [6.45, 7) is 11.5. The van der Waals surface area contributed by atoms with Crippen molar-refractivity contribution < 1.29 is 4.79 Å². The lowest BCUT2D eigenvalue weighted by Crippen LogP contribution is -2.48. The average molecular weight is 380 g/mol. The van der Waals surface area contributed by atoms with Crippen molar-refractivity contribution in [1.29, 1.82) is 0 Å². The van der Waals surface area contributed by atoms with Gasteiger partial charge in [-0.25, -0.2) is 4.98 Å². The lowest BCUT2D eigenvalue weighted by atomic mass is 10.1. The second-order valence-corrected chi connectivity index (χ2v) is 8.48. The molecule has 4 rings (SSSR count). The van der Waals surface area contributed by atoms with Crippen LogP contribution in [0.1, 0.15) is 32.6 Å². The van der Waals surface area contributed by atoms with Crippen LogP contribution in [0.2, 0.25) is 0 Å². The lowest BCUT2D eigenvalue weighted by Gasteiger charge is -2.34. The first-order chi connectivity index (χ1) is 12.9. The van der Waals surface area contributed by atoms with Gasteiger partial charge in [-0.1, -0.05) is 23.5 Å². The summed E-state index contributed by atoms with van der Waals surface area (Å²) in [4.78, 5) is 21.9. The number of carbonyl (C=O) groups excluding carboxylic acids is 1. The molecule has 140 valence electrons. The van der Waals surface area contributed by atoms with Gasteiger partial charge in [-0.3, -0.25) is 4.79 Å². The fraction of sp³-hybridized carbons (Fsp3) is 0.364. The van der Waals surface area contributed by atoms with Gasteiger partial charge in [0, 0.05) is 31.7 Å². The summed E-state index contributed by atoms with van der Waals surface area (Å²) >= 11 is 1.76. The fourth-order valence-corrected chi connectivity index (χ4v) is 4.73. The van der Waals surface area contributed by atoms with E-state index in [0.717, 1.165) is 42.4 Å². The molecular formula is C22H25N3OS. The highest BCUT2D eigenvalue weighted by Gasteiger charge is 2.24. The molecule has 0 saturated carbocycles. The normalized spacial score (nSPS) is 14.8. The van der Waals surface area contributed by atoms with Gasteiger partial charge < -0.3 is 9.80 Å². The number of piperazine rings is 1. The molecule has 1 aliphatic rings. The van der Waals surface area contributed by atoms with Crippen LogP contribution >= 0.6 is 11.3 Å². The third kappa shape index (κ3) is 3.44. The Hall–Kier alpha value is -2.40. The van der Waals surface area contributed by atoms with Crippen LogP contribution in [-0.4, -0.2) is 42.0 Å². The first kappa shape index (κ1) is 18.0. The van der Waals surface area contributed by atoms with Crippen LogP contribution in [-0.2, 0) is 0 Å². The summed E-state index contributed by atoms with van der Waals surface area (Å²) in [5, 5.41) is 1.07. The van der Waals surface area contributed by atoms with Crippen molar-refractivity contribution in [3.8, 4) is 0 Å². The fourth-order valence-electron chi connectivity index (χ4n) is 3.66. The van der Waals surface area contributed by atoms with Crippen LogP contribution in [0.3, 0.4) is 0 Å². The zero-order valence-corrected chi connectivity index (χ0v) is 17.2. The Morgan fingerprint density at radius 1 is 0.926 bits per heavy atom. The van der Waals surface area contributed by atoms with Crippen molar-refractivity contribution in [2.24, 2.45) is 0 Å². The monoisotopic (exact) mass is 379 g/mol. The molecule has 5 heteroatoms. The van der Waals surface area contributed by atoms with Crippen molar-refractivity contribution >= 4 is 32.6 Å². The number of benzene rings is 2. The van der Waals surface area contributed by atoms with Crippen molar-refractivity contribution in [1.82, 2.24) is 9.88 Å². The van der Waals surface area contributed by atoms with E-state index in [1.165, 1.54) is 27.0 Å². The Morgan fingerprint density at radius 2 is 1.67 bits per heavy atom. The molecule has 2 aromatic carbocycles. The highest BCUT2D eigenvalue weighted by molar-refractivity contribution is 7.22. The molecule has 1 saturated heterocycles. The van der Waals surface area contributed by atoms with Gasteiger partial charge in [0.25, 0.3) is 5.91 Å². The minimum absolute atomic E-state index is 0.133. The molecule has 0 spiro atoms. The van der Waals surface area contributed by atoms with Gasteiger partial charge in [0.15, 0.2) is 5.13 Å². The summed E-state index contributed by atoms with van der Waals surface area (Å²) in [6, 6.07) is 10.3. The van der Waals surface area contributed by atoms with E-state index in [0.29, 0.717) is 0 Å². The number of carbonyl (C=O) groups is 1. The van der Waals surface area contributed by atoms with E-state index in [2.05, 4.69) is 44.7 Å². The first-order valence-electron chi connectivity index (χ1n) is 9.41. The number of nitrogens with zero attached hydrogens (tertiary/aromatic N) is 3. The van der Waals surface area contributed by atoms with Gasteiger partial charge in [-0.2, -0.15) is 0 Å². The number of rotatable bonds is 2. The lowest BCUT2D eigenvalue weighted by molar-refractivity contribution is 0.0746. The van der Waals surface area contributed by atoms with Gasteiger partial charge in [0.05, 0.1) is 10.2 Å². The quantitative estimate of drug-likeness (QED) is 0.658. The van der Waals surface area contributed by atoms with E-state index in [1.807, 2.05) is 23.1 Å². The van der Waals surface area contributed by atoms with E-state index in [4.69, 9.17) is 4.98 Å². The number of aryl methyl sites for hydroxylation is 4. The van der Waals surface area contributed by atoms with E-state index < -0.39 is 0 Å².